The van der Waals surface area contributed by atoms with Crippen molar-refractivity contribution in [2.24, 2.45) is 0 Å². The third-order valence-electron chi connectivity index (χ3n) is 2.59. The number of carbonyl (C=O) groups excluding carboxylic acids is 1. The highest BCUT2D eigenvalue weighted by Crippen LogP contribution is 2.27. The van der Waals surface area contributed by atoms with Gasteiger partial charge in [-0.1, -0.05) is 17.7 Å². The molecule has 0 amide bonds. The van der Waals surface area contributed by atoms with Gasteiger partial charge >= 0.3 is 6.18 Å². The van der Waals surface area contributed by atoms with Crippen molar-refractivity contribution in [1.82, 2.24) is 9.97 Å². The summed E-state index contributed by atoms with van der Waals surface area (Å²) in [6.07, 6.45) is -2.73. The highest BCUT2D eigenvalue weighted by molar-refractivity contribution is 6.31. The molecule has 0 aliphatic rings. The second-order valence-corrected chi connectivity index (χ2v) is 4.46. The fraction of sp³-hybridized carbons (Fsp3) is 0.154. The van der Waals surface area contributed by atoms with Crippen LogP contribution >= 0.6 is 11.6 Å². The Bertz CT molecular complexity index is 644. The molecule has 8 heteroatoms. The van der Waals surface area contributed by atoms with E-state index in [2.05, 4.69) is 15.3 Å². The molecule has 2 aromatic rings. The van der Waals surface area contributed by atoms with Crippen molar-refractivity contribution in [1.29, 1.82) is 0 Å². The number of nitrogens with one attached hydrogen (secondary N) is 1. The number of anilines is 1. The third kappa shape index (κ3) is 3.91. The van der Waals surface area contributed by atoms with Gasteiger partial charge in [-0.3, -0.25) is 9.78 Å². The van der Waals surface area contributed by atoms with Gasteiger partial charge in [-0.05, 0) is 23.8 Å². The number of aldehydes is 1. The molecule has 0 bridgehead atoms. The van der Waals surface area contributed by atoms with Crippen LogP contribution in [0.4, 0.5) is 19.0 Å². The first kappa shape index (κ1) is 15.2. The molecule has 0 aliphatic carbocycles. The van der Waals surface area contributed by atoms with E-state index in [1.165, 1.54) is 12.1 Å². The second kappa shape index (κ2) is 6.09. The predicted molar refractivity (Wildman–Crippen MR) is 71.2 cm³/mol. The summed E-state index contributed by atoms with van der Waals surface area (Å²) in [6, 6.07) is 5.28. The summed E-state index contributed by atoms with van der Waals surface area (Å²) in [7, 11) is 0. The number of hydrogen-bond donors (Lipinski definition) is 1. The molecule has 0 fully saturated rings. The van der Waals surface area contributed by atoms with Gasteiger partial charge in [0.2, 0.25) is 0 Å². The molecule has 1 N–H and O–H groups in total. The van der Waals surface area contributed by atoms with E-state index in [0.29, 0.717) is 17.7 Å². The first-order valence-corrected chi connectivity index (χ1v) is 6.15. The molecule has 2 aromatic heterocycles. The number of pyridine rings is 2. The van der Waals surface area contributed by atoms with Gasteiger partial charge < -0.3 is 5.32 Å². The van der Waals surface area contributed by atoms with Gasteiger partial charge in [0.25, 0.3) is 0 Å². The Balaban J connectivity index is 2.03. The minimum Gasteiger partial charge on any atom is -0.366 e. The van der Waals surface area contributed by atoms with Crippen molar-refractivity contribution in [2.75, 3.05) is 5.32 Å². The Morgan fingerprint density at radius 1 is 1.24 bits per heavy atom. The van der Waals surface area contributed by atoms with Gasteiger partial charge in [-0.25, -0.2) is 4.98 Å². The lowest BCUT2D eigenvalue weighted by Crippen LogP contribution is -2.09. The molecule has 4 nitrogen and oxygen atoms in total. The summed E-state index contributed by atoms with van der Waals surface area (Å²) in [4.78, 5) is 17.9. The number of rotatable bonds is 4. The maximum Gasteiger partial charge on any atom is 0.433 e. The van der Waals surface area contributed by atoms with Crippen LogP contribution in [0.25, 0.3) is 0 Å². The van der Waals surface area contributed by atoms with Crippen molar-refractivity contribution in [2.45, 2.75) is 12.7 Å². The van der Waals surface area contributed by atoms with Crippen LogP contribution in [0.15, 0.2) is 30.5 Å². The van der Waals surface area contributed by atoms with Crippen LogP contribution in [-0.2, 0) is 12.7 Å². The Morgan fingerprint density at radius 3 is 2.52 bits per heavy atom. The SMILES string of the molecule is O=Cc1ccc(NCc2ccc(C(F)(F)F)nc2)nc1Cl. The maximum atomic E-state index is 12.4. The number of nitrogens with zero attached hydrogens (tertiary/aromatic N) is 2. The van der Waals surface area contributed by atoms with E-state index < -0.39 is 11.9 Å². The molecule has 0 atom stereocenters. The van der Waals surface area contributed by atoms with E-state index >= 15 is 0 Å². The lowest BCUT2D eigenvalue weighted by atomic mass is 10.2. The molecule has 0 saturated heterocycles. The first-order chi connectivity index (χ1) is 9.90. The standard InChI is InChI=1S/C13H9ClF3N3O/c14-12-9(7-21)2-4-11(20-12)19-6-8-1-3-10(18-5-8)13(15,16)17/h1-5,7H,6H2,(H,19,20). The summed E-state index contributed by atoms with van der Waals surface area (Å²) < 4.78 is 37.1. The predicted octanol–water partition coefficient (Wildman–Crippen LogP) is 3.57. The smallest absolute Gasteiger partial charge is 0.366 e. The minimum absolute atomic E-state index is 0.0561. The van der Waals surface area contributed by atoms with Gasteiger partial charge in [0.1, 0.15) is 16.7 Å². The van der Waals surface area contributed by atoms with Gasteiger partial charge in [-0.15, -0.1) is 0 Å². The number of halogens is 4. The maximum absolute atomic E-state index is 12.4. The van der Waals surface area contributed by atoms with Crippen molar-refractivity contribution >= 4 is 23.7 Å². The minimum atomic E-state index is -4.45. The quantitative estimate of drug-likeness (QED) is 0.692. The fourth-order valence-corrected chi connectivity index (χ4v) is 1.72. The molecule has 2 heterocycles. The molecule has 0 aliphatic heterocycles. The molecular formula is C13H9ClF3N3O. The first-order valence-electron chi connectivity index (χ1n) is 5.78. The van der Waals surface area contributed by atoms with Crippen LogP contribution < -0.4 is 5.32 Å². The van der Waals surface area contributed by atoms with Gasteiger partial charge in [0.05, 0.1) is 5.56 Å². The number of aromatic nitrogens is 2. The van der Waals surface area contributed by atoms with Crippen LogP contribution in [0.3, 0.4) is 0 Å². The van der Waals surface area contributed by atoms with Crippen molar-refractivity contribution in [3.63, 3.8) is 0 Å². The highest BCUT2D eigenvalue weighted by atomic mass is 35.5. The third-order valence-corrected chi connectivity index (χ3v) is 2.90. The molecule has 110 valence electrons. The van der Waals surface area contributed by atoms with Crippen molar-refractivity contribution in [3.05, 3.63) is 52.4 Å². The molecule has 21 heavy (non-hydrogen) atoms. The van der Waals surface area contributed by atoms with Gasteiger partial charge in [0.15, 0.2) is 6.29 Å². The van der Waals surface area contributed by atoms with Crippen LogP contribution in [0.2, 0.25) is 5.15 Å². The van der Waals surface area contributed by atoms with E-state index in [0.717, 1.165) is 12.3 Å². The Labute approximate surface area is 123 Å². The molecule has 2 rings (SSSR count). The summed E-state index contributed by atoms with van der Waals surface area (Å²) >= 11 is 5.76. The lowest BCUT2D eigenvalue weighted by Gasteiger charge is -2.08. The monoisotopic (exact) mass is 315 g/mol. The summed E-state index contributed by atoms with van der Waals surface area (Å²) in [6.45, 7) is 0.231. The van der Waals surface area contributed by atoms with E-state index in [-0.39, 0.29) is 17.3 Å². The second-order valence-electron chi connectivity index (χ2n) is 4.10. The van der Waals surface area contributed by atoms with E-state index in [1.54, 1.807) is 6.07 Å². The average molecular weight is 316 g/mol. The van der Waals surface area contributed by atoms with Crippen LogP contribution in [-0.4, -0.2) is 16.3 Å². The van der Waals surface area contributed by atoms with Gasteiger partial charge in [-0.2, -0.15) is 13.2 Å². The van der Waals surface area contributed by atoms with Crippen LogP contribution in [0.5, 0.6) is 0 Å². The van der Waals surface area contributed by atoms with Gasteiger partial charge in [0, 0.05) is 12.7 Å². The summed E-state index contributed by atoms with van der Waals surface area (Å²) in [5.41, 5.74) is -0.124. The van der Waals surface area contributed by atoms with Crippen molar-refractivity contribution in [3.8, 4) is 0 Å². The topological polar surface area (TPSA) is 54.9 Å². The van der Waals surface area contributed by atoms with Crippen molar-refractivity contribution < 1.29 is 18.0 Å². The molecule has 0 unspecified atom stereocenters. The molecular weight excluding hydrogens is 307 g/mol. The lowest BCUT2D eigenvalue weighted by molar-refractivity contribution is -0.141. The zero-order valence-corrected chi connectivity index (χ0v) is 11.2. The summed E-state index contributed by atoms with van der Waals surface area (Å²) in [5.74, 6) is 0.408. The number of hydrogen-bond acceptors (Lipinski definition) is 4. The van der Waals surface area contributed by atoms with Crippen LogP contribution in [0, 0.1) is 0 Å². The average Bonchev–Trinajstić information content (AvgIpc) is 2.45. The van der Waals surface area contributed by atoms with Crippen LogP contribution in [0.1, 0.15) is 21.6 Å². The Kier molecular flexibility index (Phi) is 4.42. The largest absolute Gasteiger partial charge is 0.433 e. The number of carbonyl (C=O) groups is 1. The Hall–Kier alpha value is -2.15. The normalized spacial score (nSPS) is 11.2. The fourth-order valence-electron chi connectivity index (χ4n) is 1.52. The van der Waals surface area contributed by atoms with E-state index in [9.17, 15) is 18.0 Å². The zero-order chi connectivity index (χ0) is 15.5. The number of alkyl halides is 3. The molecule has 0 spiro atoms. The molecule has 0 saturated carbocycles. The zero-order valence-electron chi connectivity index (χ0n) is 10.5. The Morgan fingerprint density at radius 2 is 2.00 bits per heavy atom. The molecule has 0 radical (unpaired) electrons. The van der Waals surface area contributed by atoms with E-state index in [4.69, 9.17) is 11.6 Å². The molecule has 0 aromatic carbocycles. The highest BCUT2D eigenvalue weighted by Gasteiger charge is 2.31. The summed E-state index contributed by atoms with van der Waals surface area (Å²) in [5, 5.41) is 2.93. The van der Waals surface area contributed by atoms with E-state index in [1.807, 2.05) is 0 Å².